The molecular formula is C11H14F2N2O2. The van der Waals surface area contributed by atoms with Gasteiger partial charge >= 0.3 is 5.97 Å². The number of carbonyl (C=O) groups excluding carboxylic acids is 1. The van der Waals surface area contributed by atoms with E-state index in [1.165, 1.54) is 20.1 Å². The summed E-state index contributed by atoms with van der Waals surface area (Å²) in [6.45, 7) is 1.61. The van der Waals surface area contributed by atoms with Gasteiger partial charge in [-0.15, -0.1) is 0 Å². The zero-order valence-electron chi connectivity index (χ0n) is 9.67. The Morgan fingerprint density at radius 2 is 2.24 bits per heavy atom. The van der Waals surface area contributed by atoms with Crippen LogP contribution in [-0.2, 0) is 22.5 Å². The first-order valence-corrected chi connectivity index (χ1v) is 5.04. The summed E-state index contributed by atoms with van der Waals surface area (Å²) in [7, 11) is 1.21. The molecule has 0 atom stereocenters. The molecule has 1 aromatic rings. The zero-order valence-corrected chi connectivity index (χ0v) is 9.67. The summed E-state index contributed by atoms with van der Waals surface area (Å²) in [5.41, 5.74) is 6.09. The number of aromatic nitrogens is 1. The number of carbonyl (C=O) groups is 1. The predicted octanol–water partition coefficient (Wildman–Crippen LogP) is 1.50. The number of halogens is 2. The van der Waals surface area contributed by atoms with Crippen molar-refractivity contribution >= 4 is 5.97 Å². The van der Waals surface area contributed by atoms with Gasteiger partial charge in [-0.3, -0.25) is 9.78 Å². The Balaban J connectivity index is 3.22. The predicted molar refractivity (Wildman–Crippen MR) is 57.5 cm³/mol. The Kier molecular flexibility index (Phi) is 4.51. The van der Waals surface area contributed by atoms with Gasteiger partial charge in [-0.05, 0) is 18.6 Å². The van der Waals surface area contributed by atoms with Crippen LogP contribution in [0.15, 0.2) is 6.07 Å². The summed E-state index contributed by atoms with van der Waals surface area (Å²) in [4.78, 5) is 15.1. The lowest BCUT2D eigenvalue weighted by Crippen LogP contribution is -2.12. The normalized spacial score (nSPS) is 10.7. The fraction of sp³-hybridized carbons (Fsp3) is 0.455. The van der Waals surface area contributed by atoms with E-state index in [1.807, 2.05) is 0 Å². The fourth-order valence-corrected chi connectivity index (χ4v) is 1.60. The largest absolute Gasteiger partial charge is 0.469 e. The lowest BCUT2D eigenvalue weighted by atomic mass is 10.0. The number of aryl methyl sites for hydroxylation is 1. The summed E-state index contributed by atoms with van der Waals surface area (Å²) in [6, 6.07) is 1.42. The second kappa shape index (κ2) is 5.67. The molecule has 0 aliphatic heterocycles. The third-order valence-corrected chi connectivity index (χ3v) is 2.38. The van der Waals surface area contributed by atoms with Crippen molar-refractivity contribution in [2.75, 3.05) is 7.11 Å². The third-order valence-electron chi connectivity index (χ3n) is 2.38. The minimum atomic E-state index is -2.67. The van der Waals surface area contributed by atoms with Crippen molar-refractivity contribution in [3.8, 4) is 0 Å². The number of methoxy groups -OCH3 is 1. The summed E-state index contributed by atoms with van der Waals surface area (Å²) in [6.07, 6.45) is -2.87. The van der Waals surface area contributed by atoms with Crippen LogP contribution in [0.2, 0.25) is 0 Å². The molecule has 0 aliphatic carbocycles. The molecule has 0 spiro atoms. The fourth-order valence-electron chi connectivity index (χ4n) is 1.60. The highest BCUT2D eigenvalue weighted by atomic mass is 19.3. The van der Waals surface area contributed by atoms with Gasteiger partial charge in [0.15, 0.2) is 0 Å². The van der Waals surface area contributed by atoms with Crippen molar-refractivity contribution in [1.29, 1.82) is 0 Å². The van der Waals surface area contributed by atoms with Gasteiger partial charge < -0.3 is 10.5 Å². The number of alkyl halides is 2. The van der Waals surface area contributed by atoms with Gasteiger partial charge in [-0.25, -0.2) is 8.78 Å². The van der Waals surface area contributed by atoms with E-state index in [-0.39, 0.29) is 29.8 Å². The maximum Gasteiger partial charge on any atom is 0.309 e. The lowest BCUT2D eigenvalue weighted by molar-refractivity contribution is -0.139. The van der Waals surface area contributed by atoms with Crippen LogP contribution in [0, 0.1) is 6.92 Å². The number of esters is 1. The van der Waals surface area contributed by atoms with E-state index in [2.05, 4.69) is 9.72 Å². The summed E-state index contributed by atoms with van der Waals surface area (Å²) in [5, 5.41) is 0. The van der Waals surface area contributed by atoms with E-state index < -0.39 is 12.4 Å². The number of nitrogens with two attached hydrogens (primary N) is 1. The highest BCUT2D eigenvalue weighted by molar-refractivity contribution is 5.73. The molecule has 0 unspecified atom stereocenters. The summed E-state index contributed by atoms with van der Waals surface area (Å²) < 4.78 is 30.2. The molecule has 0 saturated carbocycles. The van der Waals surface area contributed by atoms with Gasteiger partial charge in [0, 0.05) is 17.8 Å². The van der Waals surface area contributed by atoms with E-state index in [0.717, 1.165) is 0 Å². The quantitative estimate of drug-likeness (QED) is 0.815. The van der Waals surface area contributed by atoms with Crippen molar-refractivity contribution < 1.29 is 18.3 Å². The molecule has 0 radical (unpaired) electrons. The molecule has 0 aromatic carbocycles. The van der Waals surface area contributed by atoms with Crippen LogP contribution in [0.1, 0.15) is 28.9 Å². The number of pyridine rings is 1. The molecular weight excluding hydrogens is 230 g/mol. The number of hydrogen-bond donors (Lipinski definition) is 1. The second-order valence-corrected chi connectivity index (χ2v) is 3.53. The van der Waals surface area contributed by atoms with Gasteiger partial charge in [-0.1, -0.05) is 0 Å². The molecule has 17 heavy (non-hydrogen) atoms. The average Bonchev–Trinajstić information content (AvgIpc) is 2.27. The number of ether oxygens (including phenoxy) is 1. The minimum absolute atomic E-state index is 0.137. The summed E-state index contributed by atoms with van der Waals surface area (Å²) in [5.74, 6) is -0.569. The Hall–Kier alpha value is -1.56. The maximum atomic E-state index is 12.9. The van der Waals surface area contributed by atoms with E-state index >= 15 is 0 Å². The molecule has 4 nitrogen and oxygen atoms in total. The van der Waals surface area contributed by atoms with Crippen LogP contribution in [0.3, 0.4) is 0 Å². The van der Waals surface area contributed by atoms with Crippen LogP contribution in [-0.4, -0.2) is 18.1 Å². The third kappa shape index (κ3) is 3.20. The topological polar surface area (TPSA) is 65.2 Å². The molecule has 94 valence electrons. The van der Waals surface area contributed by atoms with Gasteiger partial charge in [0.25, 0.3) is 6.43 Å². The van der Waals surface area contributed by atoms with E-state index in [1.54, 1.807) is 0 Å². The smallest absolute Gasteiger partial charge is 0.309 e. The average molecular weight is 244 g/mol. The van der Waals surface area contributed by atoms with Gasteiger partial charge in [0.1, 0.15) is 0 Å². The van der Waals surface area contributed by atoms with Crippen LogP contribution >= 0.6 is 0 Å². The number of rotatable bonds is 4. The summed E-state index contributed by atoms with van der Waals surface area (Å²) >= 11 is 0. The molecule has 0 saturated heterocycles. The van der Waals surface area contributed by atoms with Crippen molar-refractivity contribution in [2.45, 2.75) is 26.3 Å². The molecule has 0 amide bonds. The van der Waals surface area contributed by atoms with Gasteiger partial charge in [0.05, 0.1) is 19.2 Å². The van der Waals surface area contributed by atoms with Crippen LogP contribution in [0.4, 0.5) is 8.78 Å². The standard InChI is InChI=1S/C11H14F2N2O2/c1-6-10(11(12)13)7(4-9(16)17-2)3-8(5-14)15-6/h3,11H,4-5,14H2,1-2H3. The first-order chi connectivity index (χ1) is 7.99. The molecule has 1 aromatic heterocycles. The Morgan fingerprint density at radius 3 is 2.71 bits per heavy atom. The van der Waals surface area contributed by atoms with Crippen molar-refractivity contribution in [3.63, 3.8) is 0 Å². The van der Waals surface area contributed by atoms with Crippen molar-refractivity contribution in [3.05, 3.63) is 28.6 Å². The van der Waals surface area contributed by atoms with E-state index in [0.29, 0.717) is 5.69 Å². The molecule has 0 aliphatic rings. The number of nitrogens with zero attached hydrogens (tertiary/aromatic N) is 1. The van der Waals surface area contributed by atoms with E-state index in [9.17, 15) is 13.6 Å². The molecule has 0 bridgehead atoms. The lowest BCUT2D eigenvalue weighted by Gasteiger charge is -2.12. The Labute approximate surface area is 97.8 Å². The molecule has 1 heterocycles. The van der Waals surface area contributed by atoms with Crippen LogP contribution in [0.5, 0.6) is 0 Å². The zero-order chi connectivity index (χ0) is 13.0. The van der Waals surface area contributed by atoms with E-state index in [4.69, 9.17) is 5.73 Å². The first kappa shape index (κ1) is 13.5. The molecule has 2 N–H and O–H groups in total. The van der Waals surface area contributed by atoms with Crippen LogP contribution in [0.25, 0.3) is 0 Å². The minimum Gasteiger partial charge on any atom is -0.469 e. The van der Waals surface area contributed by atoms with Crippen LogP contribution < -0.4 is 5.73 Å². The molecule has 6 heteroatoms. The molecule has 0 fully saturated rings. The second-order valence-electron chi connectivity index (χ2n) is 3.53. The molecule has 1 rings (SSSR count). The Morgan fingerprint density at radius 1 is 1.59 bits per heavy atom. The number of hydrogen-bond acceptors (Lipinski definition) is 4. The van der Waals surface area contributed by atoms with Gasteiger partial charge in [-0.2, -0.15) is 0 Å². The maximum absolute atomic E-state index is 12.9. The highest BCUT2D eigenvalue weighted by Gasteiger charge is 2.20. The first-order valence-electron chi connectivity index (χ1n) is 5.04. The van der Waals surface area contributed by atoms with Crippen molar-refractivity contribution in [2.24, 2.45) is 5.73 Å². The highest BCUT2D eigenvalue weighted by Crippen LogP contribution is 2.26. The van der Waals surface area contributed by atoms with Crippen molar-refractivity contribution in [1.82, 2.24) is 4.98 Å². The Bertz CT molecular complexity index is 422. The van der Waals surface area contributed by atoms with Gasteiger partial charge in [0.2, 0.25) is 0 Å². The monoisotopic (exact) mass is 244 g/mol. The SMILES string of the molecule is COC(=O)Cc1cc(CN)nc(C)c1C(F)F.